The maximum atomic E-state index is 5.57. The normalized spacial score (nSPS) is 25.3. The van der Waals surface area contributed by atoms with E-state index in [1.807, 2.05) is 29.1 Å². The van der Waals surface area contributed by atoms with Gasteiger partial charge in [0.1, 0.15) is 0 Å². The highest BCUT2D eigenvalue weighted by Gasteiger charge is 2.26. The van der Waals surface area contributed by atoms with Crippen LogP contribution in [0.15, 0.2) is 48.8 Å². The van der Waals surface area contributed by atoms with E-state index in [2.05, 4.69) is 34.8 Å². The average molecular weight is 267 g/mol. The standard InChI is InChI=1S/C16H17N3O/c1-2-4-16(5-3-1)19-9-13(8-17-19)12-6-14-10-20-11-15(7-12)18-14/h1-6,8-9,14-15,18H,7,10-11H2. The molecule has 0 spiro atoms. The van der Waals surface area contributed by atoms with E-state index in [0.29, 0.717) is 12.1 Å². The Bertz CT molecular complexity index is 632. The Morgan fingerprint density at radius 1 is 1.20 bits per heavy atom. The molecule has 102 valence electrons. The van der Waals surface area contributed by atoms with Crippen LogP contribution in [0.1, 0.15) is 12.0 Å². The van der Waals surface area contributed by atoms with Gasteiger partial charge in [0.15, 0.2) is 0 Å². The summed E-state index contributed by atoms with van der Waals surface area (Å²) in [5, 5.41) is 8.04. The van der Waals surface area contributed by atoms with E-state index >= 15 is 0 Å². The van der Waals surface area contributed by atoms with Crippen molar-refractivity contribution in [3.63, 3.8) is 0 Å². The van der Waals surface area contributed by atoms with Crippen LogP contribution in [0, 0.1) is 0 Å². The predicted octanol–water partition coefficient (Wildman–Crippen LogP) is 2.02. The molecule has 1 aromatic carbocycles. The number of hydrogen-bond acceptors (Lipinski definition) is 3. The van der Waals surface area contributed by atoms with Crippen LogP contribution in [0.5, 0.6) is 0 Å². The molecule has 2 aliphatic heterocycles. The minimum absolute atomic E-state index is 0.345. The summed E-state index contributed by atoms with van der Waals surface area (Å²) in [6, 6.07) is 11.0. The van der Waals surface area contributed by atoms with Crippen molar-refractivity contribution in [2.45, 2.75) is 18.5 Å². The molecule has 0 radical (unpaired) electrons. The first-order valence-electron chi connectivity index (χ1n) is 7.03. The van der Waals surface area contributed by atoms with Crippen molar-refractivity contribution in [2.24, 2.45) is 0 Å². The second kappa shape index (κ2) is 4.89. The molecule has 2 aromatic rings. The van der Waals surface area contributed by atoms with E-state index in [0.717, 1.165) is 25.3 Å². The van der Waals surface area contributed by atoms with E-state index in [1.54, 1.807) is 0 Å². The first kappa shape index (κ1) is 11.9. The third-order valence-electron chi connectivity index (χ3n) is 3.91. The van der Waals surface area contributed by atoms with Gasteiger partial charge < -0.3 is 10.1 Å². The molecule has 3 heterocycles. The maximum Gasteiger partial charge on any atom is 0.0656 e. The number of nitrogens with one attached hydrogen (secondary N) is 1. The van der Waals surface area contributed by atoms with Gasteiger partial charge in [0, 0.05) is 23.8 Å². The van der Waals surface area contributed by atoms with Crippen LogP contribution in [0.2, 0.25) is 0 Å². The summed E-state index contributed by atoms with van der Waals surface area (Å²) in [5.74, 6) is 0. The number of ether oxygens (including phenoxy) is 1. The molecule has 20 heavy (non-hydrogen) atoms. The Kier molecular flexibility index (Phi) is 2.90. The molecule has 1 saturated heterocycles. The van der Waals surface area contributed by atoms with Crippen molar-refractivity contribution in [3.8, 4) is 5.69 Å². The summed E-state index contributed by atoms with van der Waals surface area (Å²) < 4.78 is 7.50. The molecular weight excluding hydrogens is 250 g/mol. The van der Waals surface area contributed by atoms with E-state index < -0.39 is 0 Å². The Balaban J connectivity index is 1.64. The molecular formula is C16H17N3O. The first-order chi connectivity index (χ1) is 9.88. The molecule has 2 aliphatic rings. The summed E-state index contributed by atoms with van der Waals surface area (Å²) >= 11 is 0. The SMILES string of the molecule is C1=C(c2cnn(-c3ccccc3)c2)CC2COCC1N2. The number of morpholine rings is 1. The molecule has 2 unspecified atom stereocenters. The molecule has 2 bridgehead atoms. The van der Waals surface area contributed by atoms with Gasteiger partial charge in [0.25, 0.3) is 0 Å². The fraction of sp³-hybridized carbons (Fsp3) is 0.312. The van der Waals surface area contributed by atoms with Gasteiger partial charge in [-0.1, -0.05) is 24.3 Å². The van der Waals surface area contributed by atoms with Gasteiger partial charge in [0.05, 0.1) is 25.1 Å². The van der Waals surface area contributed by atoms with Crippen molar-refractivity contribution in [1.29, 1.82) is 0 Å². The van der Waals surface area contributed by atoms with E-state index in [9.17, 15) is 0 Å². The largest absolute Gasteiger partial charge is 0.378 e. The monoisotopic (exact) mass is 267 g/mol. The van der Waals surface area contributed by atoms with Crippen molar-refractivity contribution < 1.29 is 4.74 Å². The molecule has 2 atom stereocenters. The Morgan fingerprint density at radius 2 is 2.10 bits per heavy atom. The number of nitrogens with zero attached hydrogens (tertiary/aromatic N) is 2. The number of fused-ring (bicyclic) bond motifs is 2. The minimum Gasteiger partial charge on any atom is -0.378 e. The second-order valence-corrected chi connectivity index (χ2v) is 5.41. The van der Waals surface area contributed by atoms with Crippen molar-refractivity contribution in [3.05, 3.63) is 54.4 Å². The third kappa shape index (κ3) is 2.17. The number of benzene rings is 1. The number of rotatable bonds is 2. The van der Waals surface area contributed by atoms with E-state index in [-0.39, 0.29) is 0 Å². The van der Waals surface area contributed by atoms with Crippen molar-refractivity contribution >= 4 is 5.57 Å². The average Bonchev–Trinajstić information content (AvgIpc) is 2.97. The highest BCUT2D eigenvalue weighted by atomic mass is 16.5. The van der Waals surface area contributed by atoms with Gasteiger partial charge in [-0.25, -0.2) is 4.68 Å². The lowest BCUT2D eigenvalue weighted by Gasteiger charge is -2.34. The number of hydrogen-bond donors (Lipinski definition) is 1. The lowest BCUT2D eigenvalue weighted by Crippen LogP contribution is -2.50. The summed E-state index contributed by atoms with van der Waals surface area (Å²) in [5.41, 5.74) is 3.69. The molecule has 4 rings (SSSR count). The van der Waals surface area contributed by atoms with Gasteiger partial charge in [-0.05, 0) is 24.1 Å². The van der Waals surface area contributed by atoms with Crippen LogP contribution in [-0.4, -0.2) is 35.1 Å². The lowest BCUT2D eigenvalue weighted by molar-refractivity contribution is 0.0561. The number of aromatic nitrogens is 2. The quantitative estimate of drug-likeness (QED) is 0.904. The highest BCUT2D eigenvalue weighted by Crippen LogP contribution is 2.26. The van der Waals surface area contributed by atoms with E-state index in [4.69, 9.17) is 4.74 Å². The fourth-order valence-electron chi connectivity index (χ4n) is 2.95. The third-order valence-corrected chi connectivity index (χ3v) is 3.91. The van der Waals surface area contributed by atoms with E-state index in [1.165, 1.54) is 11.1 Å². The van der Waals surface area contributed by atoms with Crippen molar-refractivity contribution in [1.82, 2.24) is 15.1 Å². The molecule has 4 heteroatoms. The van der Waals surface area contributed by atoms with Crippen LogP contribution in [0.3, 0.4) is 0 Å². The zero-order chi connectivity index (χ0) is 13.4. The minimum atomic E-state index is 0.345. The summed E-state index contributed by atoms with van der Waals surface area (Å²) in [4.78, 5) is 0. The summed E-state index contributed by atoms with van der Waals surface area (Å²) in [7, 11) is 0. The Morgan fingerprint density at radius 3 is 2.95 bits per heavy atom. The molecule has 1 N–H and O–H groups in total. The van der Waals surface area contributed by atoms with Crippen molar-refractivity contribution in [2.75, 3.05) is 13.2 Å². The predicted molar refractivity (Wildman–Crippen MR) is 77.7 cm³/mol. The highest BCUT2D eigenvalue weighted by molar-refractivity contribution is 5.67. The van der Waals surface area contributed by atoms with Gasteiger partial charge in [-0.2, -0.15) is 5.10 Å². The molecule has 4 nitrogen and oxygen atoms in total. The molecule has 0 aliphatic carbocycles. The van der Waals surface area contributed by atoms with Gasteiger partial charge in [0.2, 0.25) is 0 Å². The topological polar surface area (TPSA) is 39.1 Å². The summed E-state index contributed by atoms with van der Waals surface area (Å²) in [6.45, 7) is 1.58. The zero-order valence-electron chi connectivity index (χ0n) is 11.2. The Hall–Kier alpha value is -1.91. The van der Waals surface area contributed by atoms with Crippen LogP contribution in [0.4, 0.5) is 0 Å². The maximum absolute atomic E-state index is 5.57. The van der Waals surface area contributed by atoms with Crippen LogP contribution < -0.4 is 5.32 Å². The summed E-state index contributed by atoms with van der Waals surface area (Å²) in [6.07, 6.45) is 7.36. The van der Waals surface area contributed by atoms with Crippen LogP contribution in [0.25, 0.3) is 11.3 Å². The zero-order valence-corrected chi connectivity index (χ0v) is 11.2. The fourth-order valence-corrected chi connectivity index (χ4v) is 2.95. The second-order valence-electron chi connectivity index (χ2n) is 5.41. The van der Waals surface area contributed by atoms with Crippen LogP contribution >= 0.6 is 0 Å². The smallest absolute Gasteiger partial charge is 0.0656 e. The molecule has 0 amide bonds. The molecule has 1 fully saturated rings. The number of para-hydroxylation sites is 1. The Labute approximate surface area is 118 Å². The first-order valence-corrected chi connectivity index (χ1v) is 7.03. The lowest BCUT2D eigenvalue weighted by atomic mass is 9.93. The van der Waals surface area contributed by atoms with Gasteiger partial charge in [-0.3, -0.25) is 0 Å². The van der Waals surface area contributed by atoms with Gasteiger partial charge in [-0.15, -0.1) is 0 Å². The van der Waals surface area contributed by atoms with Gasteiger partial charge >= 0.3 is 0 Å². The molecule has 0 saturated carbocycles. The molecule has 1 aromatic heterocycles. The van der Waals surface area contributed by atoms with Crippen LogP contribution in [-0.2, 0) is 4.74 Å².